The van der Waals surface area contributed by atoms with E-state index >= 15 is 0 Å². The Balaban J connectivity index is 2.60. The topological polar surface area (TPSA) is 42.7 Å². The summed E-state index contributed by atoms with van der Waals surface area (Å²) in [7, 11) is 2.98. The summed E-state index contributed by atoms with van der Waals surface area (Å²) in [5, 5.41) is 1.13. The Labute approximate surface area is 82.7 Å². The van der Waals surface area contributed by atoms with Crippen LogP contribution in [0.2, 0.25) is 0 Å². The van der Waals surface area contributed by atoms with Crippen molar-refractivity contribution >= 4 is 12.0 Å². The van der Waals surface area contributed by atoms with Crippen LogP contribution in [-0.4, -0.2) is 25.1 Å². The zero-order chi connectivity index (χ0) is 10.6. The monoisotopic (exact) mass is 195 g/mol. The summed E-state index contributed by atoms with van der Waals surface area (Å²) < 4.78 is 5.25. The van der Waals surface area contributed by atoms with E-state index in [0.29, 0.717) is 5.76 Å². The molecule has 4 nitrogen and oxygen atoms in total. The Hall–Kier alpha value is -1.55. The molecule has 1 aromatic heterocycles. The highest BCUT2D eigenvalue weighted by atomic mass is 16.7. The van der Waals surface area contributed by atoms with E-state index in [-0.39, 0.29) is 5.91 Å². The first-order valence-electron chi connectivity index (χ1n) is 4.20. The Bertz CT molecular complexity index is 341. The van der Waals surface area contributed by atoms with Crippen LogP contribution in [0.1, 0.15) is 11.5 Å². The van der Waals surface area contributed by atoms with Gasteiger partial charge in [0.05, 0.1) is 7.11 Å². The Morgan fingerprint density at radius 3 is 2.79 bits per heavy atom. The van der Waals surface area contributed by atoms with Gasteiger partial charge in [0.15, 0.2) is 0 Å². The van der Waals surface area contributed by atoms with Crippen LogP contribution in [0.5, 0.6) is 0 Å². The fourth-order valence-electron chi connectivity index (χ4n) is 0.891. The van der Waals surface area contributed by atoms with E-state index in [0.717, 1.165) is 10.8 Å². The van der Waals surface area contributed by atoms with Gasteiger partial charge in [-0.15, -0.1) is 0 Å². The van der Waals surface area contributed by atoms with Gasteiger partial charge in [0.1, 0.15) is 11.5 Å². The maximum absolute atomic E-state index is 11.2. The number of amides is 1. The summed E-state index contributed by atoms with van der Waals surface area (Å²) in [6.07, 6.45) is 2.99. The molecule has 0 radical (unpaired) electrons. The molecular formula is C10H13NO3. The van der Waals surface area contributed by atoms with Gasteiger partial charge >= 0.3 is 0 Å². The second-order valence-corrected chi connectivity index (χ2v) is 2.80. The standard InChI is InChI=1S/C10H13NO3/c1-8-4-5-9(14-8)6-7-10(12)11(2)13-3/h4-7H,1-3H3. The summed E-state index contributed by atoms with van der Waals surface area (Å²) in [6, 6.07) is 3.64. The number of carbonyl (C=O) groups is 1. The number of hydroxylamine groups is 2. The molecule has 0 spiro atoms. The fourth-order valence-corrected chi connectivity index (χ4v) is 0.891. The summed E-state index contributed by atoms with van der Waals surface area (Å²) >= 11 is 0. The van der Waals surface area contributed by atoms with E-state index in [4.69, 9.17) is 9.25 Å². The molecule has 0 unspecified atom stereocenters. The summed E-state index contributed by atoms with van der Waals surface area (Å²) in [5.74, 6) is 1.24. The Kier molecular flexibility index (Phi) is 3.48. The third-order valence-electron chi connectivity index (χ3n) is 1.74. The van der Waals surface area contributed by atoms with Gasteiger partial charge in [-0.05, 0) is 25.1 Å². The van der Waals surface area contributed by atoms with Crippen LogP contribution >= 0.6 is 0 Å². The maximum Gasteiger partial charge on any atom is 0.269 e. The van der Waals surface area contributed by atoms with Crippen molar-refractivity contribution in [2.75, 3.05) is 14.2 Å². The minimum Gasteiger partial charge on any atom is -0.462 e. The molecule has 0 aromatic carbocycles. The van der Waals surface area contributed by atoms with Crippen molar-refractivity contribution in [2.45, 2.75) is 6.92 Å². The minimum atomic E-state index is -0.235. The molecule has 0 aliphatic rings. The molecule has 0 fully saturated rings. The van der Waals surface area contributed by atoms with E-state index in [2.05, 4.69) is 0 Å². The van der Waals surface area contributed by atoms with Crippen LogP contribution in [0.15, 0.2) is 22.6 Å². The zero-order valence-corrected chi connectivity index (χ0v) is 8.48. The van der Waals surface area contributed by atoms with Gasteiger partial charge < -0.3 is 4.42 Å². The van der Waals surface area contributed by atoms with E-state index in [1.54, 1.807) is 19.2 Å². The van der Waals surface area contributed by atoms with Crippen molar-refractivity contribution in [3.63, 3.8) is 0 Å². The zero-order valence-electron chi connectivity index (χ0n) is 8.48. The van der Waals surface area contributed by atoms with Crippen LogP contribution in [0, 0.1) is 6.92 Å². The van der Waals surface area contributed by atoms with Gasteiger partial charge in [0.2, 0.25) is 0 Å². The first-order valence-corrected chi connectivity index (χ1v) is 4.20. The Morgan fingerprint density at radius 2 is 2.29 bits per heavy atom. The lowest BCUT2D eigenvalue weighted by Gasteiger charge is -2.09. The second kappa shape index (κ2) is 4.62. The molecule has 1 heterocycles. The van der Waals surface area contributed by atoms with Crippen LogP contribution in [0.3, 0.4) is 0 Å². The minimum absolute atomic E-state index is 0.235. The smallest absolute Gasteiger partial charge is 0.269 e. The van der Waals surface area contributed by atoms with Gasteiger partial charge in [-0.3, -0.25) is 9.63 Å². The number of rotatable bonds is 3. The number of hydrogen-bond donors (Lipinski definition) is 0. The van der Waals surface area contributed by atoms with E-state index in [9.17, 15) is 4.79 Å². The lowest BCUT2D eigenvalue weighted by molar-refractivity contribution is -0.162. The van der Waals surface area contributed by atoms with Gasteiger partial charge in [0.25, 0.3) is 5.91 Å². The quantitative estimate of drug-likeness (QED) is 0.543. The lowest BCUT2D eigenvalue weighted by atomic mass is 10.4. The van der Waals surface area contributed by atoms with Crippen molar-refractivity contribution in [3.05, 3.63) is 29.7 Å². The fraction of sp³-hybridized carbons (Fsp3) is 0.300. The highest BCUT2D eigenvalue weighted by Gasteiger charge is 2.02. The summed E-state index contributed by atoms with van der Waals surface area (Å²) in [4.78, 5) is 15.9. The maximum atomic E-state index is 11.2. The predicted molar refractivity (Wildman–Crippen MR) is 52.3 cm³/mol. The number of hydrogen-bond acceptors (Lipinski definition) is 3. The second-order valence-electron chi connectivity index (χ2n) is 2.80. The molecule has 0 aliphatic heterocycles. The third kappa shape index (κ3) is 2.74. The molecule has 1 amide bonds. The van der Waals surface area contributed by atoms with Crippen LogP contribution in [-0.2, 0) is 9.63 Å². The number of nitrogens with zero attached hydrogens (tertiary/aromatic N) is 1. The van der Waals surface area contributed by atoms with Crippen molar-refractivity contribution in [1.82, 2.24) is 5.06 Å². The molecular weight excluding hydrogens is 182 g/mol. The van der Waals surface area contributed by atoms with Gasteiger partial charge in [-0.25, -0.2) is 5.06 Å². The van der Waals surface area contributed by atoms with Gasteiger partial charge in [0, 0.05) is 13.1 Å². The molecule has 1 rings (SSSR count). The van der Waals surface area contributed by atoms with Crippen LogP contribution in [0.25, 0.3) is 6.08 Å². The van der Waals surface area contributed by atoms with Crippen molar-refractivity contribution in [1.29, 1.82) is 0 Å². The average Bonchev–Trinajstić information content (AvgIpc) is 2.59. The molecule has 14 heavy (non-hydrogen) atoms. The number of furan rings is 1. The summed E-state index contributed by atoms with van der Waals surface area (Å²) in [6.45, 7) is 1.85. The van der Waals surface area contributed by atoms with E-state index in [1.165, 1.54) is 13.2 Å². The molecule has 0 aliphatic carbocycles. The molecule has 4 heteroatoms. The molecule has 0 bridgehead atoms. The van der Waals surface area contributed by atoms with Crippen LogP contribution < -0.4 is 0 Å². The molecule has 1 aromatic rings. The van der Waals surface area contributed by atoms with E-state index in [1.807, 2.05) is 13.0 Å². The first kappa shape index (κ1) is 10.5. The van der Waals surface area contributed by atoms with Gasteiger partial charge in [-0.2, -0.15) is 0 Å². The number of likely N-dealkylation sites (N-methyl/N-ethyl adjacent to an activating group) is 1. The first-order chi connectivity index (χ1) is 6.63. The molecule has 0 saturated carbocycles. The van der Waals surface area contributed by atoms with Gasteiger partial charge in [-0.1, -0.05) is 0 Å². The Morgan fingerprint density at radius 1 is 1.57 bits per heavy atom. The predicted octanol–water partition coefficient (Wildman–Crippen LogP) is 1.62. The SMILES string of the molecule is CON(C)C(=O)C=Cc1ccc(C)o1. The van der Waals surface area contributed by atoms with Crippen LogP contribution in [0.4, 0.5) is 0 Å². The van der Waals surface area contributed by atoms with Crippen molar-refractivity contribution in [2.24, 2.45) is 0 Å². The molecule has 0 atom stereocenters. The average molecular weight is 195 g/mol. The van der Waals surface area contributed by atoms with Crippen molar-refractivity contribution < 1.29 is 14.0 Å². The van der Waals surface area contributed by atoms with E-state index < -0.39 is 0 Å². The number of aryl methyl sites for hydroxylation is 1. The molecule has 0 saturated heterocycles. The highest BCUT2D eigenvalue weighted by Crippen LogP contribution is 2.07. The molecule has 0 N–H and O–H groups in total. The summed E-state index contributed by atoms with van der Waals surface area (Å²) in [5.41, 5.74) is 0. The highest BCUT2D eigenvalue weighted by molar-refractivity contribution is 5.90. The lowest BCUT2D eigenvalue weighted by Crippen LogP contribution is -2.22. The normalized spacial score (nSPS) is 10.8. The van der Waals surface area contributed by atoms with Crippen molar-refractivity contribution in [3.8, 4) is 0 Å². The third-order valence-corrected chi connectivity index (χ3v) is 1.74. The largest absolute Gasteiger partial charge is 0.462 e. The number of carbonyl (C=O) groups excluding carboxylic acids is 1. The molecule has 76 valence electrons.